The molecule has 3 aromatic rings. The number of carbonyl (C=O) groups is 4. The molecule has 0 unspecified atom stereocenters. The minimum Gasteiger partial charge on any atom is -0.493 e. The van der Waals surface area contributed by atoms with Crippen molar-refractivity contribution in [3.05, 3.63) is 92.1 Å². The van der Waals surface area contributed by atoms with Crippen LogP contribution >= 0.6 is 35.0 Å². The maximum Gasteiger partial charge on any atom is 0.339 e. The first kappa shape index (κ1) is 29.9. The number of nitrogens with one attached hydrogen (secondary N) is 1. The van der Waals surface area contributed by atoms with Gasteiger partial charge in [-0.1, -0.05) is 35.3 Å². The number of amides is 3. The summed E-state index contributed by atoms with van der Waals surface area (Å²) < 4.78 is 29.9. The van der Waals surface area contributed by atoms with E-state index in [-0.39, 0.29) is 44.1 Å². The number of imide groups is 1. The number of carbonyl (C=O) groups excluding carboxylic acids is 4. The zero-order valence-electron chi connectivity index (χ0n) is 21.5. The monoisotopic (exact) mass is 618 g/mol. The highest BCUT2D eigenvalue weighted by molar-refractivity contribution is 8.18. The Morgan fingerprint density at radius 2 is 1.80 bits per heavy atom. The number of anilines is 1. The van der Waals surface area contributed by atoms with Crippen molar-refractivity contribution in [3.8, 4) is 11.5 Å². The summed E-state index contributed by atoms with van der Waals surface area (Å²) in [6, 6.07) is 13.3. The van der Waals surface area contributed by atoms with Gasteiger partial charge in [-0.25, -0.2) is 9.18 Å². The summed E-state index contributed by atoms with van der Waals surface area (Å²) in [6.45, 7) is -0.732. The van der Waals surface area contributed by atoms with Crippen molar-refractivity contribution in [3.63, 3.8) is 0 Å². The summed E-state index contributed by atoms with van der Waals surface area (Å²) in [5.41, 5.74) is 0.929. The standard InChI is InChI=1S/C28H21Cl2FN2O7S/c1-38-22-9-6-15(10-23(22)40-14-18-19(29)4-3-5-21(18)31)11-24-26(35)33(28(37)41-24)13-25(34)32-16-7-8-20(30)17(12-16)27(36)39-2/h3-12H,13-14H2,1-2H3,(H,32,34)/b24-11+. The Morgan fingerprint density at radius 1 is 1.02 bits per heavy atom. The Balaban J connectivity index is 1.47. The molecule has 1 fully saturated rings. The van der Waals surface area contributed by atoms with Crippen molar-refractivity contribution in [1.82, 2.24) is 4.90 Å². The Hall–Kier alpha value is -4.06. The van der Waals surface area contributed by atoms with Crippen LogP contribution < -0.4 is 14.8 Å². The third kappa shape index (κ3) is 6.99. The molecule has 0 saturated carbocycles. The van der Waals surface area contributed by atoms with Gasteiger partial charge >= 0.3 is 5.97 Å². The number of rotatable bonds is 9. The van der Waals surface area contributed by atoms with Crippen LogP contribution in [0.4, 0.5) is 14.9 Å². The SMILES string of the molecule is COC(=O)c1cc(NC(=O)CN2C(=O)S/C(=C/c3ccc(OC)c(OCc4c(F)cccc4Cl)c3)C2=O)ccc1Cl. The van der Waals surface area contributed by atoms with Crippen molar-refractivity contribution in [2.75, 3.05) is 26.1 Å². The highest BCUT2D eigenvalue weighted by atomic mass is 35.5. The van der Waals surface area contributed by atoms with Gasteiger partial charge in [-0.05, 0) is 65.9 Å². The van der Waals surface area contributed by atoms with E-state index in [1.165, 1.54) is 50.6 Å². The average molecular weight is 619 g/mol. The van der Waals surface area contributed by atoms with Gasteiger partial charge in [0.2, 0.25) is 5.91 Å². The molecule has 41 heavy (non-hydrogen) atoms. The Labute approximate surface area is 248 Å². The summed E-state index contributed by atoms with van der Waals surface area (Å²) >= 11 is 12.7. The number of benzene rings is 3. The van der Waals surface area contributed by atoms with Crippen molar-refractivity contribution in [2.24, 2.45) is 0 Å². The van der Waals surface area contributed by atoms with Crippen LogP contribution in [-0.2, 0) is 20.9 Å². The molecule has 0 aromatic heterocycles. The molecule has 0 radical (unpaired) electrons. The van der Waals surface area contributed by atoms with Crippen LogP contribution in [-0.4, -0.2) is 48.7 Å². The van der Waals surface area contributed by atoms with E-state index in [1.807, 2.05) is 0 Å². The summed E-state index contributed by atoms with van der Waals surface area (Å²) in [4.78, 5) is 50.9. The van der Waals surface area contributed by atoms with Gasteiger partial charge in [0.1, 0.15) is 19.0 Å². The summed E-state index contributed by atoms with van der Waals surface area (Å²) in [6.07, 6.45) is 1.47. The Morgan fingerprint density at radius 3 is 2.51 bits per heavy atom. The molecule has 1 aliphatic heterocycles. The van der Waals surface area contributed by atoms with E-state index in [2.05, 4.69) is 10.1 Å². The van der Waals surface area contributed by atoms with E-state index in [0.717, 1.165) is 4.90 Å². The molecule has 3 aromatic carbocycles. The van der Waals surface area contributed by atoms with Gasteiger partial charge in [0.05, 0.1) is 34.7 Å². The van der Waals surface area contributed by atoms with Crippen LogP contribution in [0.25, 0.3) is 6.08 Å². The lowest BCUT2D eigenvalue weighted by Crippen LogP contribution is -2.36. The van der Waals surface area contributed by atoms with E-state index in [4.69, 9.17) is 32.7 Å². The molecule has 0 atom stereocenters. The second-order valence-corrected chi connectivity index (χ2v) is 10.2. The second-order valence-electron chi connectivity index (χ2n) is 8.40. The van der Waals surface area contributed by atoms with E-state index in [9.17, 15) is 23.6 Å². The number of halogens is 3. The highest BCUT2D eigenvalue weighted by Gasteiger charge is 2.36. The van der Waals surface area contributed by atoms with Gasteiger partial charge in [0.15, 0.2) is 11.5 Å². The Bertz CT molecular complexity index is 1560. The summed E-state index contributed by atoms with van der Waals surface area (Å²) in [5.74, 6) is -1.93. The van der Waals surface area contributed by atoms with E-state index in [0.29, 0.717) is 23.1 Å². The van der Waals surface area contributed by atoms with Gasteiger partial charge < -0.3 is 19.5 Å². The van der Waals surface area contributed by atoms with E-state index < -0.39 is 35.4 Å². The maximum atomic E-state index is 14.2. The molecule has 0 aliphatic carbocycles. The average Bonchev–Trinajstić information content (AvgIpc) is 3.20. The number of ether oxygens (including phenoxy) is 3. The molecule has 3 amide bonds. The predicted octanol–water partition coefficient (Wildman–Crippen LogP) is 6.18. The molecule has 1 N–H and O–H groups in total. The number of hydrogen-bond acceptors (Lipinski definition) is 8. The number of esters is 1. The van der Waals surface area contributed by atoms with Crippen LogP contribution in [0.1, 0.15) is 21.5 Å². The lowest BCUT2D eigenvalue weighted by atomic mass is 10.1. The zero-order chi connectivity index (χ0) is 29.7. The van der Waals surface area contributed by atoms with Crippen LogP contribution in [0.15, 0.2) is 59.5 Å². The van der Waals surface area contributed by atoms with Gasteiger partial charge in [-0.3, -0.25) is 19.3 Å². The maximum absolute atomic E-state index is 14.2. The second kappa shape index (κ2) is 13.1. The largest absolute Gasteiger partial charge is 0.493 e. The number of nitrogens with zero attached hydrogens (tertiary/aromatic N) is 1. The van der Waals surface area contributed by atoms with Gasteiger partial charge in [0.25, 0.3) is 11.1 Å². The molecule has 212 valence electrons. The Kier molecular flexibility index (Phi) is 9.53. The fraction of sp³-hybridized carbons (Fsp3) is 0.143. The van der Waals surface area contributed by atoms with Crippen LogP contribution in [0.2, 0.25) is 10.0 Å². The highest BCUT2D eigenvalue weighted by Crippen LogP contribution is 2.35. The van der Waals surface area contributed by atoms with Gasteiger partial charge in [-0.15, -0.1) is 0 Å². The number of methoxy groups -OCH3 is 2. The molecule has 0 spiro atoms. The molecule has 1 saturated heterocycles. The first-order chi connectivity index (χ1) is 19.6. The third-order valence-corrected chi connectivity index (χ3v) is 7.34. The number of hydrogen-bond donors (Lipinski definition) is 1. The van der Waals surface area contributed by atoms with Crippen LogP contribution in [0.3, 0.4) is 0 Å². The van der Waals surface area contributed by atoms with Gasteiger partial charge in [0, 0.05) is 11.3 Å². The molecular weight excluding hydrogens is 598 g/mol. The quantitative estimate of drug-likeness (QED) is 0.223. The number of thioether (sulfide) groups is 1. The van der Waals surface area contributed by atoms with E-state index in [1.54, 1.807) is 24.3 Å². The molecule has 1 aliphatic rings. The summed E-state index contributed by atoms with van der Waals surface area (Å²) in [7, 11) is 2.63. The van der Waals surface area contributed by atoms with Crippen molar-refractivity contribution >= 4 is 69.8 Å². The molecule has 0 bridgehead atoms. The van der Waals surface area contributed by atoms with Crippen molar-refractivity contribution in [1.29, 1.82) is 0 Å². The first-order valence-corrected chi connectivity index (χ1v) is 13.3. The zero-order valence-corrected chi connectivity index (χ0v) is 23.9. The minimum atomic E-state index is -0.690. The lowest BCUT2D eigenvalue weighted by Gasteiger charge is -2.13. The predicted molar refractivity (Wildman–Crippen MR) is 153 cm³/mol. The topological polar surface area (TPSA) is 111 Å². The first-order valence-electron chi connectivity index (χ1n) is 11.8. The van der Waals surface area contributed by atoms with Crippen molar-refractivity contribution < 1.29 is 37.8 Å². The van der Waals surface area contributed by atoms with Crippen molar-refractivity contribution in [2.45, 2.75) is 6.61 Å². The molecule has 1 heterocycles. The molecular formula is C28H21Cl2FN2O7S. The van der Waals surface area contributed by atoms with Crippen LogP contribution in [0.5, 0.6) is 11.5 Å². The normalized spacial score (nSPS) is 13.9. The summed E-state index contributed by atoms with van der Waals surface area (Å²) in [5, 5.41) is 2.23. The smallest absolute Gasteiger partial charge is 0.339 e. The molecule has 9 nitrogen and oxygen atoms in total. The lowest BCUT2D eigenvalue weighted by molar-refractivity contribution is -0.127. The third-order valence-electron chi connectivity index (χ3n) is 5.75. The van der Waals surface area contributed by atoms with E-state index >= 15 is 0 Å². The van der Waals surface area contributed by atoms with Crippen LogP contribution in [0, 0.1) is 5.82 Å². The molecule has 4 rings (SSSR count). The fourth-order valence-electron chi connectivity index (χ4n) is 3.72. The minimum absolute atomic E-state index is 0.0425. The van der Waals surface area contributed by atoms with Gasteiger partial charge in [-0.2, -0.15) is 0 Å². The fourth-order valence-corrected chi connectivity index (χ4v) is 4.97. The molecule has 13 heteroatoms.